The highest BCUT2D eigenvalue weighted by Crippen LogP contribution is 2.39. The SMILES string of the molecule is Cc1ccc(F)cc1-c1cc(NS(=O)(=O)c2ccnc(N3CCC(C(=O)O)C3)c2)ncc1C(F)(F)F. The van der Waals surface area contributed by atoms with Crippen LogP contribution in [-0.2, 0) is 21.0 Å². The number of halogens is 4. The van der Waals surface area contributed by atoms with Gasteiger partial charge in [0.05, 0.1) is 16.4 Å². The topological polar surface area (TPSA) is 112 Å². The fraction of sp³-hybridized carbons (Fsp3) is 0.261. The Bertz CT molecular complexity index is 1430. The first kappa shape index (κ1) is 25.4. The lowest BCUT2D eigenvalue weighted by atomic mass is 9.97. The molecule has 36 heavy (non-hydrogen) atoms. The predicted molar refractivity (Wildman–Crippen MR) is 122 cm³/mol. The third kappa shape index (κ3) is 5.25. The number of benzene rings is 1. The lowest BCUT2D eigenvalue weighted by Gasteiger charge is -2.18. The van der Waals surface area contributed by atoms with Crippen LogP contribution >= 0.6 is 0 Å². The summed E-state index contributed by atoms with van der Waals surface area (Å²) >= 11 is 0. The summed E-state index contributed by atoms with van der Waals surface area (Å²) in [5.74, 6) is -2.46. The van der Waals surface area contributed by atoms with E-state index in [-0.39, 0.29) is 22.8 Å². The third-order valence-electron chi connectivity index (χ3n) is 5.83. The van der Waals surface area contributed by atoms with Crippen molar-refractivity contribution in [2.45, 2.75) is 24.4 Å². The molecule has 2 N–H and O–H groups in total. The van der Waals surface area contributed by atoms with Crippen molar-refractivity contribution in [1.82, 2.24) is 9.97 Å². The molecule has 1 unspecified atom stereocenters. The second-order valence-electron chi connectivity index (χ2n) is 8.30. The van der Waals surface area contributed by atoms with E-state index >= 15 is 0 Å². The molecule has 1 atom stereocenters. The van der Waals surface area contributed by atoms with E-state index in [1.807, 2.05) is 0 Å². The largest absolute Gasteiger partial charge is 0.481 e. The molecule has 1 aromatic carbocycles. The molecule has 3 heterocycles. The number of sulfonamides is 1. The number of alkyl halides is 3. The minimum atomic E-state index is -4.82. The first-order valence-corrected chi connectivity index (χ1v) is 12.1. The number of aromatic nitrogens is 2. The zero-order valence-electron chi connectivity index (χ0n) is 18.8. The van der Waals surface area contributed by atoms with E-state index in [2.05, 4.69) is 14.7 Å². The molecule has 1 aliphatic rings. The molecule has 1 saturated heterocycles. The number of hydrogen-bond donors (Lipinski definition) is 2. The smallest absolute Gasteiger partial charge is 0.418 e. The number of carbonyl (C=O) groups is 1. The Labute approximate surface area is 203 Å². The second kappa shape index (κ2) is 9.37. The Balaban J connectivity index is 1.68. The van der Waals surface area contributed by atoms with Crippen LogP contribution < -0.4 is 9.62 Å². The van der Waals surface area contributed by atoms with E-state index in [0.29, 0.717) is 24.7 Å². The molecule has 0 radical (unpaired) electrons. The molecule has 0 spiro atoms. The monoisotopic (exact) mass is 524 g/mol. The number of carboxylic acid groups (broad SMARTS) is 1. The molecule has 2 aromatic heterocycles. The minimum Gasteiger partial charge on any atom is -0.481 e. The molecule has 0 saturated carbocycles. The van der Waals surface area contributed by atoms with Crippen LogP contribution in [0.3, 0.4) is 0 Å². The van der Waals surface area contributed by atoms with Gasteiger partial charge in [-0.1, -0.05) is 6.07 Å². The van der Waals surface area contributed by atoms with E-state index in [9.17, 15) is 35.9 Å². The van der Waals surface area contributed by atoms with Crippen LogP contribution in [-0.4, -0.2) is 42.6 Å². The maximum absolute atomic E-state index is 13.8. The zero-order chi connectivity index (χ0) is 26.3. The average Bonchev–Trinajstić information content (AvgIpc) is 3.31. The number of carboxylic acids is 1. The lowest BCUT2D eigenvalue weighted by Crippen LogP contribution is -2.24. The van der Waals surface area contributed by atoms with Crippen LogP contribution in [0.2, 0.25) is 0 Å². The number of hydrogen-bond acceptors (Lipinski definition) is 6. The summed E-state index contributed by atoms with van der Waals surface area (Å²) < 4.78 is 83.0. The van der Waals surface area contributed by atoms with Gasteiger partial charge in [-0.3, -0.25) is 9.52 Å². The molecule has 0 aliphatic carbocycles. The van der Waals surface area contributed by atoms with Gasteiger partial charge in [-0.05, 0) is 54.3 Å². The minimum absolute atomic E-state index is 0.0570. The first-order chi connectivity index (χ1) is 16.8. The normalized spacial score (nSPS) is 16.2. The molecular weight excluding hydrogens is 504 g/mol. The number of pyridine rings is 2. The van der Waals surface area contributed by atoms with Gasteiger partial charge in [0.15, 0.2) is 0 Å². The van der Waals surface area contributed by atoms with Crippen molar-refractivity contribution in [3.8, 4) is 11.1 Å². The summed E-state index contributed by atoms with van der Waals surface area (Å²) in [6, 6.07) is 6.71. The predicted octanol–water partition coefficient (Wildman–Crippen LogP) is 4.32. The third-order valence-corrected chi connectivity index (χ3v) is 7.18. The van der Waals surface area contributed by atoms with Crippen LogP contribution in [0.25, 0.3) is 11.1 Å². The molecule has 0 amide bonds. The summed E-state index contributed by atoms with van der Waals surface area (Å²) in [5.41, 5.74) is -1.28. The highest BCUT2D eigenvalue weighted by molar-refractivity contribution is 7.92. The van der Waals surface area contributed by atoms with Crippen molar-refractivity contribution in [2.75, 3.05) is 22.7 Å². The zero-order valence-corrected chi connectivity index (χ0v) is 19.6. The van der Waals surface area contributed by atoms with Gasteiger partial charge in [-0.15, -0.1) is 0 Å². The number of rotatable bonds is 6. The Morgan fingerprint density at radius 3 is 2.56 bits per heavy atom. The average molecular weight is 524 g/mol. The Hall–Kier alpha value is -3.74. The van der Waals surface area contributed by atoms with Crippen LogP contribution in [0.15, 0.2) is 53.7 Å². The van der Waals surface area contributed by atoms with Gasteiger partial charge in [0, 0.05) is 31.5 Å². The molecule has 1 fully saturated rings. The van der Waals surface area contributed by atoms with Crippen LogP contribution in [0.1, 0.15) is 17.5 Å². The van der Waals surface area contributed by atoms with Crippen LogP contribution in [0.4, 0.5) is 29.2 Å². The standard InChI is InChI=1S/C23H20F4N4O4S/c1-13-2-3-15(24)8-17(13)18-10-20(29-11-19(18)23(25,26)27)30-36(34,35)16-4-6-28-21(9-16)31-7-5-14(12-31)22(32)33/h2-4,6,8-11,14H,5,7,12H2,1H3,(H,29,30)(H,32,33). The van der Waals surface area contributed by atoms with Crippen molar-refractivity contribution in [1.29, 1.82) is 0 Å². The number of nitrogens with zero attached hydrogens (tertiary/aromatic N) is 3. The van der Waals surface area contributed by atoms with Crippen LogP contribution in [0.5, 0.6) is 0 Å². The summed E-state index contributed by atoms with van der Waals surface area (Å²) in [7, 11) is -4.31. The van der Waals surface area contributed by atoms with E-state index < -0.39 is 50.8 Å². The van der Waals surface area contributed by atoms with Crippen molar-refractivity contribution in [3.63, 3.8) is 0 Å². The van der Waals surface area contributed by atoms with Crippen molar-refractivity contribution < 1.29 is 35.9 Å². The number of aryl methyl sites for hydroxylation is 1. The lowest BCUT2D eigenvalue weighted by molar-refractivity contribution is -0.141. The van der Waals surface area contributed by atoms with Crippen molar-refractivity contribution >= 4 is 27.6 Å². The molecule has 1 aliphatic heterocycles. The highest BCUT2D eigenvalue weighted by Gasteiger charge is 2.35. The fourth-order valence-corrected chi connectivity index (χ4v) is 4.96. The number of anilines is 2. The quantitative estimate of drug-likeness (QED) is 0.462. The number of aliphatic carboxylic acids is 1. The van der Waals surface area contributed by atoms with Crippen molar-refractivity contribution in [2.24, 2.45) is 5.92 Å². The van der Waals surface area contributed by atoms with E-state index in [1.54, 1.807) is 4.90 Å². The molecule has 4 rings (SSSR count). The Morgan fingerprint density at radius 2 is 1.89 bits per heavy atom. The fourth-order valence-electron chi connectivity index (χ4n) is 3.95. The highest BCUT2D eigenvalue weighted by atomic mass is 32.2. The Kier molecular flexibility index (Phi) is 6.60. The molecule has 3 aromatic rings. The van der Waals surface area contributed by atoms with Gasteiger partial charge in [-0.25, -0.2) is 22.8 Å². The van der Waals surface area contributed by atoms with E-state index in [4.69, 9.17) is 0 Å². The van der Waals surface area contributed by atoms with E-state index in [1.165, 1.54) is 31.3 Å². The van der Waals surface area contributed by atoms with Gasteiger partial charge in [0.2, 0.25) is 0 Å². The van der Waals surface area contributed by atoms with Crippen molar-refractivity contribution in [3.05, 3.63) is 65.7 Å². The van der Waals surface area contributed by atoms with Gasteiger partial charge in [0.1, 0.15) is 17.5 Å². The molecule has 0 bridgehead atoms. The molecular formula is C23H20F4N4O4S. The number of nitrogens with one attached hydrogen (secondary N) is 1. The first-order valence-electron chi connectivity index (χ1n) is 10.7. The molecule has 8 nitrogen and oxygen atoms in total. The van der Waals surface area contributed by atoms with Crippen LogP contribution in [0, 0.1) is 18.7 Å². The molecule has 190 valence electrons. The van der Waals surface area contributed by atoms with E-state index in [0.717, 1.165) is 18.2 Å². The Morgan fingerprint density at radius 1 is 1.14 bits per heavy atom. The van der Waals surface area contributed by atoms with Gasteiger partial charge in [-0.2, -0.15) is 13.2 Å². The maximum Gasteiger partial charge on any atom is 0.418 e. The van der Waals surface area contributed by atoms with Gasteiger partial charge in [0.25, 0.3) is 10.0 Å². The maximum atomic E-state index is 13.8. The van der Waals surface area contributed by atoms with Gasteiger partial charge < -0.3 is 10.0 Å². The summed E-state index contributed by atoms with van der Waals surface area (Å²) in [5, 5.41) is 9.18. The summed E-state index contributed by atoms with van der Waals surface area (Å²) in [6.07, 6.45) is -2.71. The summed E-state index contributed by atoms with van der Waals surface area (Å²) in [4.78, 5) is 20.3. The van der Waals surface area contributed by atoms with Gasteiger partial charge >= 0.3 is 12.1 Å². The molecule has 13 heteroatoms. The summed E-state index contributed by atoms with van der Waals surface area (Å²) in [6.45, 7) is 2.04. The second-order valence-corrected chi connectivity index (χ2v) is 9.98.